The average Bonchev–Trinajstić information content (AvgIpc) is 2.46. The predicted octanol–water partition coefficient (Wildman–Crippen LogP) is 3.79. The fourth-order valence-corrected chi connectivity index (χ4v) is 3.24. The van der Waals surface area contributed by atoms with E-state index in [1.54, 1.807) is 11.9 Å². The Morgan fingerprint density at radius 3 is 2.60 bits per heavy atom. The Balaban J connectivity index is 1.98. The molecule has 0 aromatic heterocycles. The maximum atomic E-state index is 12.2. The lowest BCUT2D eigenvalue weighted by molar-refractivity contribution is -0.115. The smallest absolute Gasteiger partial charge is 0.237 e. The molecule has 2 aromatic rings. The molecule has 0 bridgehead atoms. The first-order valence-corrected chi connectivity index (χ1v) is 7.85. The van der Waals surface area contributed by atoms with Crippen molar-refractivity contribution in [2.24, 2.45) is 0 Å². The average molecular weight is 351 g/mol. The van der Waals surface area contributed by atoms with E-state index >= 15 is 0 Å². The molecule has 0 saturated heterocycles. The van der Waals surface area contributed by atoms with E-state index < -0.39 is 0 Å². The molecule has 0 unspecified atom stereocenters. The van der Waals surface area contributed by atoms with Gasteiger partial charge in [0.15, 0.2) is 0 Å². The van der Waals surface area contributed by atoms with E-state index in [0.29, 0.717) is 11.4 Å². The molecule has 104 valence electrons. The van der Waals surface area contributed by atoms with Gasteiger partial charge in [-0.1, -0.05) is 18.2 Å². The van der Waals surface area contributed by atoms with Gasteiger partial charge >= 0.3 is 0 Å². The summed E-state index contributed by atoms with van der Waals surface area (Å²) >= 11 is 4.95. The molecule has 0 spiro atoms. The summed E-state index contributed by atoms with van der Waals surface area (Å²) in [6, 6.07) is 15.2. The van der Waals surface area contributed by atoms with Crippen LogP contribution >= 0.6 is 27.7 Å². The minimum Gasteiger partial charge on any atom is -0.399 e. The molecule has 2 rings (SSSR count). The number of halogens is 1. The third-order valence-corrected chi connectivity index (χ3v) is 4.80. The van der Waals surface area contributed by atoms with Crippen LogP contribution in [0, 0.1) is 0 Å². The minimum atomic E-state index is 0.0601. The summed E-state index contributed by atoms with van der Waals surface area (Å²) in [5.74, 6) is 0.443. The molecule has 0 atom stereocenters. The van der Waals surface area contributed by atoms with Crippen LogP contribution in [0.4, 0.5) is 11.4 Å². The number of carbonyl (C=O) groups excluding carboxylic acids is 1. The van der Waals surface area contributed by atoms with Crippen LogP contribution in [-0.2, 0) is 4.79 Å². The van der Waals surface area contributed by atoms with E-state index in [4.69, 9.17) is 5.73 Å². The third kappa shape index (κ3) is 3.77. The molecule has 0 aliphatic heterocycles. The van der Waals surface area contributed by atoms with Crippen LogP contribution in [0.2, 0.25) is 0 Å². The Bertz CT molecular complexity index is 604. The normalized spacial score (nSPS) is 10.3. The quantitative estimate of drug-likeness (QED) is 0.674. The zero-order valence-electron chi connectivity index (χ0n) is 11.0. The van der Waals surface area contributed by atoms with Crippen LogP contribution in [0.1, 0.15) is 0 Å². The molecule has 5 heteroatoms. The lowest BCUT2D eigenvalue weighted by Crippen LogP contribution is -2.27. The summed E-state index contributed by atoms with van der Waals surface area (Å²) in [6.07, 6.45) is 0. The predicted molar refractivity (Wildman–Crippen MR) is 89.1 cm³/mol. The number of carbonyl (C=O) groups is 1. The minimum absolute atomic E-state index is 0.0601. The van der Waals surface area contributed by atoms with Crippen LogP contribution in [0.3, 0.4) is 0 Å². The first-order valence-electron chi connectivity index (χ1n) is 6.07. The maximum absolute atomic E-state index is 12.2. The highest BCUT2D eigenvalue weighted by molar-refractivity contribution is 9.10. The number of anilines is 2. The Kier molecular flexibility index (Phi) is 5.09. The van der Waals surface area contributed by atoms with Crippen molar-refractivity contribution in [3.8, 4) is 0 Å². The summed E-state index contributed by atoms with van der Waals surface area (Å²) in [5, 5.41) is 0. The highest BCUT2D eigenvalue weighted by Gasteiger charge is 2.12. The van der Waals surface area contributed by atoms with Gasteiger partial charge in [-0.05, 0) is 46.3 Å². The van der Waals surface area contributed by atoms with Gasteiger partial charge in [0.05, 0.1) is 5.75 Å². The number of rotatable bonds is 4. The van der Waals surface area contributed by atoms with Gasteiger partial charge in [-0.25, -0.2) is 0 Å². The monoisotopic (exact) mass is 350 g/mol. The lowest BCUT2D eigenvalue weighted by atomic mass is 10.3. The number of hydrogen-bond donors (Lipinski definition) is 1. The molecular weight excluding hydrogens is 336 g/mol. The molecular formula is C15H15BrN2OS. The van der Waals surface area contributed by atoms with Crippen LogP contribution in [-0.4, -0.2) is 18.7 Å². The number of thioether (sulfide) groups is 1. The molecule has 20 heavy (non-hydrogen) atoms. The van der Waals surface area contributed by atoms with Crippen molar-refractivity contribution in [3.63, 3.8) is 0 Å². The van der Waals surface area contributed by atoms with Gasteiger partial charge < -0.3 is 10.6 Å². The maximum Gasteiger partial charge on any atom is 0.237 e. The summed E-state index contributed by atoms with van der Waals surface area (Å²) in [5.41, 5.74) is 7.29. The second-order valence-electron chi connectivity index (χ2n) is 4.27. The molecule has 0 aliphatic rings. The number of nitrogens with zero attached hydrogens (tertiary/aromatic N) is 1. The molecule has 0 radical (unpaired) electrons. The Morgan fingerprint density at radius 1 is 1.25 bits per heavy atom. The molecule has 0 saturated carbocycles. The van der Waals surface area contributed by atoms with E-state index in [1.165, 1.54) is 11.8 Å². The van der Waals surface area contributed by atoms with Crippen molar-refractivity contribution < 1.29 is 4.79 Å². The SMILES string of the molecule is CN(C(=O)CSc1ccc(N)cc1Br)c1ccccc1. The number of hydrogen-bond acceptors (Lipinski definition) is 3. The van der Waals surface area contributed by atoms with E-state index in [-0.39, 0.29) is 5.91 Å². The summed E-state index contributed by atoms with van der Waals surface area (Å²) in [6.45, 7) is 0. The van der Waals surface area contributed by atoms with Crippen LogP contribution in [0.15, 0.2) is 57.9 Å². The fraction of sp³-hybridized carbons (Fsp3) is 0.133. The molecule has 1 amide bonds. The number of nitrogen functional groups attached to an aromatic ring is 1. The van der Waals surface area contributed by atoms with Gasteiger partial charge in [0.2, 0.25) is 5.91 Å². The number of nitrogens with two attached hydrogens (primary N) is 1. The van der Waals surface area contributed by atoms with Gasteiger partial charge in [0.1, 0.15) is 0 Å². The highest BCUT2D eigenvalue weighted by atomic mass is 79.9. The van der Waals surface area contributed by atoms with Gasteiger partial charge in [-0.2, -0.15) is 0 Å². The lowest BCUT2D eigenvalue weighted by Gasteiger charge is -2.17. The Labute approximate surface area is 131 Å². The van der Waals surface area contributed by atoms with E-state index in [1.807, 2.05) is 48.5 Å². The van der Waals surface area contributed by atoms with Crippen molar-refractivity contribution in [1.29, 1.82) is 0 Å². The summed E-state index contributed by atoms with van der Waals surface area (Å²) < 4.78 is 0.915. The number of amides is 1. The van der Waals surface area contributed by atoms with Crippen molar-refractivity contribution in [2.45, 2.75) is 4.90 Å². The molecule has 0 aliphatic carbocycles. The summed E-state index contributed by atoms with van der Waals surface area (Å²) in [7, 11) is 1.79. The van der Waals surface area contributed by atoms with Crippen LogP contribution < -0.4 is 10.6 Å². The zero-order valence-corrected chi connectivity index (χ0v) is 13.4. The van der Waals surface area contributed by atoms with Gasteiger partial charge in [-0.3, -0.25) is 4.79 Å². The van der Waals surface area contributed by atoms with Crippen LogP contribution in [0.5, 0.6) is 0 Å². The Morgan fingerprint density at radius 2 is 1.95 bits per heavy atom. The highest BCUT2D eigenvalue weighted by Crippen LogP contribution is 2.29. The largest absolute Gasteiger partial charge is 0.399 e. The molecule has 0 heterocycles. The third-order valence-electron chi connectivity index (χ3n) is 2.82. The zero-order chi connectivity index (χ0) is 14.5. The van der Waals surface area contributed by atoms with E-state index in [0.717, 1.165) is 15.1 Å². The molecule has 3 nitrogen and oxygen atoms in total. The first kappa shape index (κ1) is 14.9. The topological polar surface area (TPSA) is 46.3 Å². The van der Waals surface area contributed by atoms with Crippen molar-refractivity contribution in [3.05, 3.63) is 53.0 Å². The second kappa shape index (κ2) is 6.81. The van der Waals surface area contributed by atoms with Crippen molar-refractivity contribution >= 4 is 45.0 Å². The van der Waals surface area contributed by atoms with Crippen LogP contribution in [0.25, 0.3) is 0 Å². The Hall–Kier alpha value is -1.46. The molecule has 0 fully saturated rings. The van der Waals surface area contributed by atoms with E-state index in [2.05, 4.69) is 15.9 Å². The van der Waals surface area contributed by atoms with Gasteiger partial charge in [0, 0.05) is 27.8 Å². The summed E-state index contributed by atoms with van der Waals surface area (Å²) in [4.78, 5) is 14.8. The second-order valence-corrected chi connectivity index (χ2v) is 6.14. The number of benzene rings is 2. The van der Waals surface area contributed by atoms with E-state index in [9.17, 15) is 4.79 Å². The standard InChI is InChI=1S/C15H15BrN2OS/c1-18(12-5-3-2-4-6-12)15(19)10-20-14-8-7-11(17)9-13(14)16/h2-9H,10,17H2,1H3. The van der Waals surface area contributed by atoms with Crippen molar-refractivity contribution in [1.82, 2.24) is 0 Å². The number of para-hydroxylation sites is 1. The molecule has 2 N–H and O–H groups in total. The van der Waals surface area contributed by atoms with Crippen molar-refractivity contribution in [2.75, 3.05) is 23.4 Å². The molecule has 2 aromatic carbocycles. The van der Waals surface area contributed by atoms with Gasteiger partial charge in [-0.15, -0.1) is 11.8 Å². The van der Waals surface area contributed by atoms with Gasteiger partial charge in [0.25, 0.3) is 0 Å². The first-order chi connectivity index (χ1) is 9.58. The fourth-order valence-electron chi connectivity index (χ4n) is 1.67.